The molecule has 1 amide bonds. The molecule has 0 aromatic heterocycles. The maximum absolute atomic E-state index is 12.0. The fourth-order valence-corrected chi connectivity index (χ4v) is 2.49. The molecule has 0 bridgehead atoms. The number of hydrogen-bond acceptors (Lipinski definition) is 3. The van der Waals surface area contributed by atoms with E-state index < -0.39 is 17.4 Å². The number of benzene rings is 1. The standard InChI is InChI=1S/C14H15Cl2NO4/c1-14(13(19)20)7-21-6-11(14)17-12(18)5-8-2-3-9(15)10(16)4-8/h2-4,11H,5-7H2,1H3,(H,17,18)(H,19,20). The minimum atomic E-state index is -1.10. The Morgan fingerprint density at radius 1 is 1.43 bits per heavy atom. The minimum Gasteiger partial charge on any atom is -0.481 e. The van der Waals surface area contributed by atoms with Crippen molar-refractivity contribution in [3.63, 3.8) is 0 Å². The van der Waals surface area contributed by atoms with Crippen molar-refractivity contribution in [2.24, 2.45) is 5.41 Å². The van der Waals surface area contributed by atoms with Crippen molar-refractivity contribution in [3.8, 4) is 0 Å². The third-order valence-electron chi connectivity index (χ3n) is 3.63. The molecule has 5 nitrogen and oxygen atoms in total. The van der Waals surface area contributed by atoms with E-state index in [1.165, 1.54) is 0 Å². The van der Waals surface area contributed by atoms with E-state index in [-0.39, 0.29) is 25.5 Å². The van der Waals surface area contributed by atoms with E-state index in [9.17, 15) is 14.7 Å². The summed E-state index contributed by atoms with van der Waals surface area (Å²) >= 11 is 11.7. The number of nitrogens with one attached hydrogen (secondary N) is 1. The lowest BCUT2D eigenvalue weighted by molar-refractivity contribution is -0.149. The number of amides is 1. The SMILES string of the molecule is CC1(C(=O)O)COCC1NC(=O)Cc1ccc(Cl)c(Cl)c1. The number of carboxylic acids is 1. The first-order valence-corrected chi connectivity index (χ1v) is 7.13. The van der Waals surface area contributed by atoms with Crippen molar-refractivity contribution < 1.29 is 19.4 Å². The first-order valence-electron chi connectivity index (χ1n) is 6.37. The first kappa shape index (κ1) is 16.1. The van der Waals surface area contributed by atoms with Crippen LogP contribution in [0.15, 0.2) is 18.2 Å². The Bertz CT molecular complexity index is 578. The van der Waals surface area contributed by atoms with Gasteiger partial charge in [-0.3, -0.25) is 9.59 Å². The summed E-state index contributed by atoms with van der Waals surface area (Å²) < 4.78 is 5.19. The van der Waals surface area contributed by atoms with Gasteiger partial charge in [-0.2, -0.15) is 0 Å². The summed E-state index contributed by atoms with van der Waals surface area (Å²) in [5.74, 6) is -1.27. The number of carboxylic acid groups (broad SMARTS) is 1. The van der Waals surface area contributed by atoms with Crippen molar-refractivity contribution in [3.05, 3.63) is 33.8 Å². The zero-order valence-electron chi connectivity index (χ0n) is 11.4. The molecule has 1 fully saturated rings. The van der Waals surface area contributed by atoms with E-state index in [2.05, 4.69) is 5.32 Å². The second-order valence-corrected chi connectivity index (χ2v) is 6.10. The molecule has 0 aliphatic carbocycles. The number of ether oxygens (including phenoxy) is 1. The smallest absolute Gasteiger partial charge is 0.313 e. The number of carbonyl (C=O) groups excluding carboxylic acids is 1. The van der Waals surface area contributed by atoms with Crippen LogP contribution in [-0.2, 0) is 20.7 Å². The third kappa shape index (κ3) is 3.48. The molecule has 1 aromatic carbocycles. The van der Waals surface area contributed by atoms with Crippen molar-refractivity contribution in [2.75, 3.05) is 13.2 Å². The Morgan fingerprint density at radius 3 is 2.76 bits per heavy atom. The van der Waals surface area contributed by atoms with Gasteiger partial charge < -0.3 is 15.2 Å². The van der Waals surface area contributed by atoms with Gasteiger partial charge in [0.15, 0.2) is 0 Å². The van der Waals surface area contributed by atoms with Gasteiger partial charge in [0.2, 0.25) is 5.91 Å². The summed E-state index contributed by atoms with van der Waals surface area (Å²) in [6, 6.07) is 4.39. The normalized spacial score (nSPS) is 24.8. The maximum atomic E-state index is 12.0. The van der Waals surface area contributed by atoms with Crippen LogP contribution in [0.1, 0.15) is 12.5 Å². The van der Waals surface area contributed by atoms with E-state index in [4.69, 9.17) is 27.9 Å². The fourth-order valence-electron chi connectivity index (χ4n) is 2.17. The summed E-state index contributed by atoms with van der Waals surface area (Å²) in [5.41, 5.74) is -0.398. The molecule has 0 radical (unpaired) electrons. The highest BCUT2D eigenvalue weighted by Gasteiger charge is 2.47. The molecule has 0 saturated carbocycles. The quantitative estimate of drug-likeness (QED) is 0.886. The lowest BCUT2D eigenvalue weighted by Crippen LogP contribution is -2.50. The Hall–Kier alpha value is -1.30. The average molecular weight is 332 g/mol. The van der Waals surface area contributed by atoms with Crippen LogP contribution in [-0.4, -0.2) is 36.2 Å². The summed E-state index contributed by atoms with van der Waals surface area (Å²) in [6.07, 6.45) is 0.100. The Morgan fingerprint density at radius 2 is 2.14 bits per heavy atom. The van der Waals surface area contributed by atoms with Gasteiger partial charge in [-0.1, -0.05) is 29.3 Å². The fraction of sp³-hybridized carbons (Fsp3) is 0.429. The molecular weight excluding hydrogens is 317 g/mol. The van der Waals surface area contributed by atoms with Crippen molar-refractivity contribution in [1.29, 1.82) is 0 Å². The lowest BCUT2D eigenvalue weighted by Gasteiger charge is -2.25. The molecule has 1 heterocycles. The maximum Gasteiger partial charge on any atom is 0.313 e. The number of hydrogen-bond donors (Lipinski definition) is 2. The molecule has 21 heavy (non-hydrogen) atoms. The zero-order chi connectivity index (χ0) is 15.6. The molecule has 7 heteroatoms. The minimum absolute atomic E-state index is 0.0834. The van der Waals surface area contributed by atoms with Gasteiger partial charge in [0.25, 0.3) is 0 Å². The van der Waals surface area contributed by atoms with Crippen LogP contribution in [0.2, 0.25) is 10.0 Å². The molecule has 1 saturated heterocycles. The van der Waals surface area contributed by atoms with Crippen LogP contribution in [0.25, 0.3) is 0 Å². The largest absolute Gasteiger partial charge is 0.481 e. The second kappa shape index (κ2) is 6.22. The molecule has 2 rings (SSSR count). The van der Waals surface area contributed by atoms with Crippen molar-refractivity contribution in [1.82, 2.24) is 5.32 Å². The molecule has 0 spiro atoms. The number of carbonyl (C=O) groups is 2. The predicted octanol–water partition coefficient (Wildman–Crippen LogP) is 2.14. The van der Waals surface area contributed by atoms with Crippen molar-refractivity contribution in [2.45, 2.75) is 19.4 Å². The van der Waals surface area contributed by atoms with Gasteiger partial charge in [-0.25, -0.2) is 0 Å². The summed E-state index contributed by atoms with van der Waals surface area (Å²) in [6.45, 7) is 1.84. The van der Waals surface area contributed by atoms with E-state index >= 15 is 0 Å². The Balaban J connectivity index is 2.01. The topological polar surface area (TPSA) is 75.6 Å². The Labute approximate surface area is 132 Å². The monoisotopic (exact) mass is 331 g/mol. The first-order chi connectivity index (χ1) is 9.83. The summed E-state index contributed by atoms with van der Waals surface area (Å²) in [7, 11) is 0. The van der Waals surface area contributed by atoms with Crippen LogP contribution < -0.4 is 5.32 Å². The van der Waals surface area contributed by atoms with Crippen LogP contribution in [0.4, 0.5) is 0 Å². The van der Waals surface area contributed by atoms with Gasteiger partial charge in [0, 0.05) is 0 Å². The van der Waals surface area contributed by atoms with E-state index in [1.807, 2.05) is 0 Å². The second-order valence-electron chi connectivity index (χ2n) is 5.28. The molecule has 1 aliphatic heterocycles. The summed E-state index contributed by atoms with van der Waals surface area (Å²) in [4.78, 5) is 23.3. The van der Waals surface area contributed by atoms with Gasteiger partial charge in [-0.05, 0) is 24.6 Å². The molecule has 114 valence electrons. The van der Waals surface area contributed by atoms with Crippen LogP contribution >= 0.6 is 23.2 Å². The van der Waals surface area contributed by atoms with E-state index in [0.29, 0.717) is 15.6 Å². The average Bonchev–Trinajstić information content (AvgIpc) is 2.77. The molecule has 2 atom stereocenters. The lowest BCUT2D eigenvalue weighted by atomic mass is 9.85. The molecule has 2 unspecified atom stereocenters. The molecule has 2 N–H and O–H groups in total. The Kier molecular flexibility index (Phi) is 4.76. The van der Waals surface area contributed by atoms with Crippen molar-refractivity contribution >= 4 is 35.1 Å². The molecular formula is C14H15Cl2NO4. The molecule has 1 aromatic rings. The molecule has 1 aliphatic rings. The van der Waals surface area contributed by atoms with Gasteiger partial charge in [0.1, 0.15) is 5.41 Å². The predicted molar refractivity (Wildman–Crippen MR) is 78.7 cm³/mol. The van der Waals surface area contributed by atoms with E-state index in [0.717, 1.165) is 0 Å². The van der Waals surface area contributed by atoms with E-state index in [1.54, 1.807) is 25.1 Å². The highest BCUT2D eigenvalue weighted by Crippen LogP contribution is 2.29. The van der Waals surface area contributed by atoms with Crippen LogP contribution in [0, 0.1) is 5.41 Å². The highest BCUT2D eigenvalue weighted by atomic mass is 35.5. The number of aliphatic carboxylic acids is 1. The van der Waals surface area contributed by atoms with Crippen LogP contribution in [0.3, 0.4) is 0 Å². The number of halogens is 2. The third-order valence-corrected chi connectivity index (χ3v) is 4.37. The summed E-state index contributed by atoms with van der Waals surface area (Å²) in [5, 5.41) is 12.8. The van der Waals surface area contributed by atoms with Gasteiger partial charge in [-0.15, -0.1) is 0 Å². The highest BCUT2D eigenvalue weighted by molar-refractivity contribution is 6.42. The zero-order valence-corrected chi connectivity index (χ0v) is 12.9. The number of rotatable bonds is 4. The van der Waals surface area contributed by atoms with Gasteiger partial charge >= 0.3 is 5.97 Å². The van der Waals surface area contributed by atoms with Gasteiger partial charge in [0.05, 0.1) is 35.7 Å². The van der Waals surface area contributed by atoms with Crippen LogP contribution in [0.5, 0.6) is 0 Å².